The topological polar surface area (TPSA) is 105 Å². The fraction of sp³-hybridized carbons (Fsp3) is 0.643. The minimum Gasteiger partial charge on any atom is -0.387 e. The first kappa shape index (κ1) is 48.7. The van der Waals surface area contributed by atoms with Crippen molar-refractivity contribution in [3.63, 3.8) is 0 Å². The molecule has 0 heterocycles. The zero-order valence-electron chi connectivity index (χ0n) is 32.8. The Morgan fingerprint density at radius 2 is 1.20 bits per heavy atom. The number of aliphatic hydroxyl groups is 1. The zero-order valence-corrected chi connectivity index (χ0v) is 33.7. The lowest BCUT2D eigenvalue weighted by Gasteiger charge is -2.25. The van der Waals surface area contributed by atoms with E-state index in [0.29, 0.717) is 17.4 Å². The summed E-state index contributed by atoms with van der Waals surface area (Å²) in [5.41, 5.74) is 0. The molecule has 0 rings (SSSR count). The number of phosphoric acid groups is 1. The molecule has 0 aliphatic heterocycles. The van der Waals surface area contributed by atoms with Gasteiger partial charge < -0.3 is 19.8 Å². The predicted molar refractivity (Wildman–Crippen MR) is 216 cm³/mol. The van der Waals surface area contributed by atoms with Gasteiger partial charge in [0.1, 0.15) is 13.2 Å². The van der Waals surface area contributed by atoms with E-state index in [-0.39, 0.29) is 25.5 Å². The number of aliphatic hydroxyl groups excluding tert-OH is 1. The third kappa shape index (κ3) is 35.9. The normalized spacial score (nSPS) is 15.5. The summed E-state index contributed by atoms with van der Waals surface area (Å²) >= 11 is 0. The van der Waals surface area contributed by atoms with Crippen LogP contribution in [-0.2, 0) is 18.4 Å². The van der Waals surface area contributed by atoms with Crippen molar-refractivity contribution in [2.75, 3.05) is 40.9 Å². The molecule has 0 fully saturated rings. The monoisotopic (exact) mass is 734 g/mol. The van der Waals surface area contributed by atoms with Gasteiger partial charge in [-0.1, -0.05) is 144 Å². The van der Waals surface area contributed by atoms with Crippen LogP contribution in [0.1, 0.15) is 123 Å². The van der Waals surface area contributed by atoms with Gasteiger partial charge in [-0.3, -0.25) is 13.8 Å². The third-order valence-corrected chi connectivity index (χ3v) is 8.86. The average Bonchev–Trinajstić information content (AvgIpc) is 3.07. The molecule has 0 aliphatic carbocycles. The Bertz CT molecular complexity index is 1100. The minimum atomic E-state index is -4.37. The van der Waals surface area contributed by atoms with E-state index < -0.39 is 20.0 Å². The summed E-state index contributed by atoms with van der Waals surface area (Å²) in [6.45, 7) is 4.55. The molecular formula is C42H74N2O6P+. The highest BCUT2D eigenvalue weighted by Crippen LogP contribution is 2.43. The molecule has 3 unspecified atom stereocenters. The number of hydrogen-bond donors (Lipinski definition) is 3. The van der Waals surface area contributed by atoms with Gasteiger partial charge in [-0.05, 0) is 57.8 Å². The fourth-order valence-corrected chi connectivity index (χ4v) is 5.50. The van der Waals surface area contributed by atoms with E-state index in [1.165, 1.54) is 51.4 Å². The number of likely N-dealkylation sites (N-methyl/N-ethyl adjacent to an activating group) is 1. The number of quaternary nitrogens is 1. The Labute approximate surface area is 312 Å². The summed E-state index contributed by atoms with van der Waals surface area (Å²) in [6.07, 6.45) is 45.4. The van der Waals surface area contributed by atoms with Gasteiger partial charge >= 0.3 is 7.82 Å². The number of carbonyl (C=O) groups is 1. The van der Waals surface area contributed by atoms with Crippen LogP contribution in [0, 0.1) is 0 Å². The van der Waals surface area contributed by atoms with Crippen LogP contribution in [-0.4, -0.2) is 73.4 Å². The number of rotatable bonds is 33. The van der Waals surface area contributed by atoms with Crippen molar-refractivity contribution in [1.29, 1.82) is 0 Å². The Balaban J connectivity index is 4.76. The average molecular weight is 734 g/mol. The molecule has 292 valence electrons. The molecular weight excluding hydrogens is 659 g/mol. The van der Waals surface area contributed by atoms with Crippen molar-refractivity contribution in [3.8, 4) is 0 Å². The summed E-state index contributed by atoms with van der Waals surface area (Å²) < 4.78 is 23.4. The summed E-state index contributed by atoms with van der Waals surface area (Å²) in [6, 6.07) is -0.920. The van der Waals surface area contributed by atoms with Gasteiger partial charge in [-0.15, -0.1) is 0 Å². The van der Waals surface area contributed by atoms with Crippen molar-refractivity contribution in [2.24, 2.45) is 0 Å². The van der Waals surface area contributed by atoms with Crippen LogP contribution in [0.5, 0.6) is 0 Å². The van der Waals surface area contributed by atoms with Crippen molar-refractivity contribution in [1.82, 2.24) is 5.32 Å². The highest BCUT2D eigenvalue weighted by atomic mass is 31.2. The highest BCUT2D eigenvalue weighted by molar-refractivity contribution is 7.47. The summed E-state index contributed by atoms with van der Waals surface area (Å²) in [5, 5.41) is 13.6. The van der Waals surface area contributed by atoms with Crippen LogP contribution in [0.3, 0.4) is 0 Å². The third-order valence-electron chi connectivity index (χ3n) is 7.88. The van der Waals surface area contributed by atoms with E-state index in [1.54, 1.807) is 12.2 Å². The number of nitrogens with zero attached hydrogens (tertiary/aromatic N) is 1. The fourth-order valence-electron chi connectivity index (χ4n) is 4.77. The van der Waals surface area contributed by atoms with Crippen LogP contribution in [0.15, 0.2) is 85.1 Å². The quantitative estimate of drug-likeness (QED) is 0.0268. The Morgan fingerprint density at radius 1 is 0.686 bits per heavy atom. The molecule has 0 aliphatic rings. The number of hydrogen-bond acceptors (Lipinski definition) is 5. The van der Waals surface area contributed by atoms with Gasteiger partial charge in [0.25, 0.3) is 0 Å². The standard InChI is InChI=1S/C42H73N2O6P/c1-6-8-10-12-14-16-18-20-22-24-26-28-30-32-34-36-42(46)43-40(39-50-51(47,48)49-38-37-44(3,4)5)41(45)35-33-31-29-27-25-23-21-19-17-15-13-11-9-7-2/h8,10,14,16,20,22,25-28,32-35,40-41,45H,6-7,9,11-13,15,17-19,21,23-24,29-31,36-39H2,1-5H3,(H-,43,46,47,48)/p+1/b10-8-,16-14-,22-20-,27-25+,28-26-,34-32-,35-33+. The lowest BCUT2D eigenvalue weighted by Crippen LogP contribution is -2.45. The van der Waals surface area contributed by atoms with Crippen LogP contribution >= 0.6 is 7.82 Å². The molecule has 1 amide bonds. The van der Waals surface area contributed by atoms with Crippen molar-refractivity contribution in [2.45, 2.75) is 135 Å². The van der Waals surface area contributed by atoms with E-state index in [0.717, 1.165) is 44.9 Å². The Morgan fingerprint density at radius 3 is 1.76 bits per heavy atom. The van der Waals surface area contributed by atoms with Crippen LogP contribution in [0.2, 0.25) is 0 Å². The molecule has 0 bridgehead atoms. The molecule has 3 N–H and O–H groups in total. The maximum atomic E-state index is 12.7. The largest absolute Gasteiger partial charge is 0.472 e. The van der Waals surface area contributed by atoms with Crippen molar-refractivity contribution < 1.29 is 32.9 Å². The summed E-state index contributed by atoms with van der Waals surface area (Å²) in [4.78, 5) is 22.9. The maximum Gasteiger partial charge on any atom is 0.472 e. The van der Waals surface area contributed by atoms with Gasteiger partial charge in [0.15, 0.2) is 0 Å². The first-order valence-electron chi connectivity index (χ1n) is 19.5. The van der Waals surface area contributed by atoms with E-state index in [1.807, 2.05) is 33.3 Å². The molecule has 9 heteroatoms. The molecule has 0 aromatic heterocycles. The second-order valence-corrected chi connectivity index (χ2v) is 15.4. The Hall–Kier alpha value is -2.32. The number of nitrogens with one attached hydrogen (secondary N) is 1. The number of amides is 1. The molecule has 51 heavy (non-hydrogen) atoms. The Kier molecular flexibility index (Phi) is 32.0. The highest BCUT2D eigenvalue weighted by Gasteiger charge is 2.27. The van der Waals surface area contributed by atoms with Crippen molar-refractivity contribution in [3.05, 3.63) is 85.1 Å². The molecule has 0 radical (unpaired) electrons. The smallest absolute Gasteiger partial charge is 0.387 e. The van der Waals surface area contributed by atoms with E-state index in [4.69, 9.17) is 9.05 Å². The molecule has 0 aromatic carbocycles. The van der Waals surface area contributed by atoms with Crippen LogP contribution in [0.4, 0.5) is 0 Å². The van der Waals surface area contributed by atoms with Gasteiger partial charge in [0.05, 0.1) is 39.9 Å². The molecule has 3 atom stereocenters. The SMILES string of the molecule is CC/C=C\C/C=C\C/C=C\C/C=C\C/C=C\CC(=O)NC(COP(=O)(O)OCC[N+](C)(C)C)C(O)/C=C/CC/C=C/CCCCCCCCCC. The number of allylic oxidation sites excluding steroid dienone is 12. The zero-order chi connectivity index (χ0) is 37.9. The van der Waals surface area contributed by atoms with Gasteiger partial charge in [0.2, 0.25) is 5.91 Å². The first-order valence-corrected chi connectivity index (χ1v) is 21.0. The lowest BCUT2D eigenvalue weighted by atomic mass is 10.1. The van der Waals surface area contributed by atoms with Crippen LogP contribution < -0.4 is 5.32 Å². The first-order chi connectivity index (χ1) is 24.5. The van der Waals surface area contributed by atoms with Gasteiger partial charge in [-0.2, -0.15) is 0 Å². The molecule has 0 aromatic rings. The van der Waals surface area contributed by atoms with Crippen molar-refractivity contribution >= 4 is 13.7 Å². The van der Waals surface area contributed by atoms with E-state index >= 15 is 0 Å². The minimum absolute atomic E-state index is 0.0351. The van der Waals surface area contributed by atoms with E-state index in [9.17, 15) is 19.4 Å². The lowest BCUT2D eigenvalue weighted by molar-refractivity contribution is -0.870. The number of phosphoric ester groups is 1. The number of unbranched alkanes of at least 4 members (excludes halogenated alkanes) is 9. The van der Waals surface area contributed by atoms with Gasteiger partial charge in [0, 0.05) is 6.42 Å². The summed E-state index contributed by atoms with van der Waals surface area (Å²) in [7, 11) is 1.48. The van der Waals surface area contributed by atoms with Crippen LogP contribution in [0.25, 0.3) is 0 Å². The molecule has 0 spiro atoms. The summed E-state index contributed by atoms with van der Waals surface area (Å²) in [5.74, 6) is -0.319. The molecule has 0 saturated carbocycles. The predicted octanol–water partition coefficient (Wildman–Crippen LogP) is 10.2. The van der Waals surface area contributed by atoms with Gasteiger partial charge in [-0.25, -0.2) is 4.57 Å². The molecule has 0 saturated heterocycles. The molecule has 8 nitrogen and oxygen atoms in total. The second-order valence-electron chi connectivity index (χ2n) is 13.9. The second kappa shape index (κ2) is 33.5. The maximum absolute atomic E-state index is 12.7. The number of carbonyl (C=O) groups excluding carboxylic acids is 1. The van der Waals surface area contributed by atoms with E-state index in [2.05, 4.69) is 79.9 Å².